The third-order valence-corrected chi connectivity index (χ3v) is 2.05. The Balaban J connectivity index is 2.97. The lowest BCUT2D eigenvalue weighted by atomic mass is 10.6. The van der Waals surface area contributed by atoms with Gasteiger partial charge in [0.2, 0.25) is 0 Å². The first kappa shape index (κ1) is 19.1. The molecule has 0 bridgehead atoms. The van der Waals surface area contributed by atoms with Crippen molar-refractivity contribution in [3.05, 3.63) is 0 Å². The minimum absolute atomic E-state index is 0.0261. The molecule has 0 heterocycles. The molecule has 0 atom stereocenters. The minimum atomic E-state index is -0.468. The molecule has 20 heavy (non-hydrogen) atoms. The van der Waals surface area contributed by atoms with Crippen LogP contribution in [0.4, 0.5) is 4.79 Å². The largest absolute Gasteiger partial charge is 0.453 e. The molecule has 8 nitrogen and oxygen atoms in total. The smallest absolute Gasteiger partial charge is 0.406 e. The van der Waals surface area contributed by atoms with Crippen LogP contribution in [0, 0.1) is 0 Å². The molecule has 0 spiro atoms. The van der Waals surface area contributed by atoms with E-state index in [0.717, 1.165) is 0 Å². The van der Waals surface area contributed by atoms with Gasteiger partial charge in [0.25, 0.3) is 0 Å². The molecule has 2 N–H and O–H groups in total. The van der Waals surface area contributed by atoms with E-state index in [2.05, 4.69) is 10.1 Å². The van der Waals surface area contributed by atoms with Crippen LogP contribution in [0.3, 0.4) is 0 Å². The third kappa shape index (κ3) is 15.1. The van der Waals surface area contributed by atoms with Gasteiger partial charge in [-0.25, -0.2) is 4.79 Å². The Morgan fingerprint density at radius 1 is 0.850 bits per heavy atom. The van der Waals surface area contributed by atoms with Crippen LogP contribution < -0.4 is 5.32 Å². The van der Waals surface area contributed by atoms with Crippen molar-refractivity contribution in [1.29, 1.82) is 0 Å². The fraction of sp³-hybridized carbons (Fsp3) is 0.917. The number of carbonyl (C=O) groups is 1. The molecule has 0 saturated carbocycles. The summed E-state index contributed by atoms with van der Waals surface area (Å²) in [6, 6.07) is 0. The molecule has 0 aliphatic rings. The van der Waals surface area contributed by atoms with E-state index in [1.807, 2.05) is 0 Å². The van der Waals surface area contributed by atoms with E-state index in [9.17, 15) is 4.79 Å². The number of ether oxygens (including phenoxy) is 5. The van der Waals surface area contributed by atoms with Crippen molar-refractivity contribution in [2.45, 2.75) is 0 Å². The quantitative estimate of drug-likeness (QED) is 0.413. The number of aliphatic hydroxyl groups is 1. The number of hydrogen-bond donors (Lipinski definition) is 2. The van der Waals surface area contributed by atoms with Gasteiger partial charge in [0, 0.05) is 6.54 Å². The highest BCUT2D eigenvalue weighted by Gasteiger charge is 1.96. The first-order valence-corrected chi connectivity index (χ1v) is 6.55. The predicted molar refractivity (Wildman–Crippen MR) is 70.8 cm³/mol. The van der Waals surface area contributed by atoms with Crippen LogP contribution in [-0.4, -0.2) is 84.3 Å². The fourth-order valence-corrected chi connectivity index (χ4v) is 1.12. The number of hydrogen-bond acceptors (Lipinski definition) is 7. The van der Waals surface area contributed by atoms with Crippen molar-refractivity contribution in [3.63, 3.8) is 0 Å². The van der Waals surface area contributed by atoms with Gasteiger partial charge in [-0.15, -0.1) is 0 Å². The molecule has 0 unspecified atom stereocenters. The molecule has 0 aliphatic carbocycles. The maximum Gasteiger partial charge on any atom is 0.406 e. The standard InChI is InChI=1S/C12H25NO7/c1-16-12(15)13-2-4-17-6-8-19-10-11-20-9-7-18-5-3-14/h14H,2-11H2,1H3,(H,13,15). The second-order valence-corrected chi connectivity index (χ2v) is 3.59. The Labute approximate surface area is 119 Å². The van der Waals surface area contributed by atoms with Gasteiger partial charge in [-0.2, -0.15) is 0 Å². The normalized spacial score (nSPS) is 10.5. The lowest BCUT2D eigenvalue weighted by molar-refractivity contribution is -0.00516. The average Bonchev–Trinajstić information content (AvgIpc) is 2.47. The Kier molecular flexibility index (Phi) is 15.4. The molecule has 0 aliphatic heterocycles. The Hall–Kier alpha value is -0.930. The third-order valence-electron chi connectivity index (χ3n) is 2.05. The Morgan fingerprint density at radius 2 is 1.30 bits per heavy atom. The summed E-state index contributed by atoms with van der Waals surface area (Å²) in [6.07, 6.45) is -0.468. The van der Waals surface area contributed by atoms with Crippen LogP contribution in [0.5, 0.6) is 0 Å². The summed E-state index contributed by atoms with van der Waals surface area (Å²) in [7, 11) is 1.31. The SMILES string of the molecule is COC(=O)NCCOCCOCCOCCOCCO. The number of rotatable bonds is 14. The topological polar surface area (TPSA) is 95.5 Å². The van der Waals surface area contributed by atoms with E-state index in [4.69, 9.17) is 24.1 Å². The van der Waals surface area contributed by atoms with Gasteiger partial charge in [0.05, 0.1) is 66.6 Å². The molecule has 0 fully saturated rings. The molecule has 0 rings (SSSR count). The summed E-state index contributed by atoms with van der Waals surface area (Å²) in [5.41, 5.74) is 0. The zero-order valence-electron chi connectivity index (χ0n) is 12.0. The van der Waals surface area contributed by atoms with Crippen LogP contribution >= 0.6 is 0 Å². The van der Waals surface area contributed by atoms with Crippen LogP contribution in [-0.2, 0) is 23.7 Å². The van der Waals surface area contributed by atoms with E-state index in [1.165, 1.54) is 7.11 Å². The van der Waals surface area contributed by atoms with E-state index in [0.29, 0.717) is 59.4 Å². The van der Waals surface area contributed by atoms with Gasteiger partial charge in [-0.05, 0) is 0 Å². The molecule has 0 saturated heterocycles. The molecule has 0 aromatic rings. The van der Waals surface area contributed by atoms with Crippen molar-refractivity contribution >= 4 is 6.09 Å². The first-order valence-electron chi connectivity index (χ1n) is 6.55. The highest BCUT2D eigenvalue weighted by atomic mass is 16.6. The molecule has 1 amide bonds. The summed E-state index contributed by atoms with van der Waals surface area (Å²) in [6.45, 7) is 4.05. The molecule has 0 radical (unpaired) electrons. The summed E-state index contributed by atoms with van der Waals surface area (Å²) in [4.78, 5) is 10.7. The van der Waals surface area contributed by atoms with E-state index in [1.54, 1.807) is 0 Å². The highest BCUT2D eigenvalue weighted by Crippen LogP contribution is 1.82. The van der Waals surface area contributed by atoms with Gasteiger partial charge < -0.3 is 34.1 Å². The monoisotopic (exact) mass is 295 g/mol. The van der Waals surface area contributed by atoms with E-state index >= 15 is 0 Å². The van der Waals surface area contributed by atoms with Crippen molar-refractivity contribution in [3.8, 4) is 0 Å². The fourth-order valence-electron chi connectivity index (χ4n) is 1.12. The zero-order valence-corrected chi connectivity index (χ0v) is 12.0. The van der Waals surface area contributed by atoms with E-state index < -0.39 is 6.09 Å². The molecule has 120 valence electrons. The van der Waals surface area contributed by atoms with Crippen molar-refractivity contribution in [2.24, 2.45) is 0 Å². The van der Waals surface area contributed by atoms with Gasteiger partial charge in [0.15, 0.2) is 0 Å². The average molecular weight is 295 g/mol. The van der Waals surface area contributed by atoms with Gasteiger partial charge >= 0.3 is 6.09 Å². The van der Waals surface area contributed by atoms with E-state index in [-0.39, 0.29) is 6.61 Å². The first-order chi connectivity index (χ1) is 9.81. The number of methoxy groups -OCH3 is 1. The van der Waals surface area contributed by atoms with Gasteiger partial charge in [-0.1, -0.05) is 0 Å². The van der Waals surface area contributed by atoms with Crippen LogP contribution in [0.1, 0.15) is 0 Å². The Bertz CT molecular complexity index is 216. The molecule has 0 aromatic heterocycles. The van der Waals surface area contributed by atoms with Crippen molar-refractivity contribution in [1.82, 2.24) is 5.32 Å². The molecule has 8 heteroatoms. The lowest BCUT2D eigenvalue weighted by Crippen LogP contribution is -2.27. The predicted octanol–water partition coefficient (Wildman–Crippen LogP) is -0.599. The van der Waals surface area contributed by atoms with Gasteiger partial charge in [-0.3, -0.25) is 0 Å². The second kappa shape index (κ2) is 16.1. The number of alkyl carbamates (subject to hydrolysis) is 1. The van der Waals surface area contributed by atoms with Gasteiger partial charge in [0.1, 0.15) is 0 Å². The molecular weight excluding hydrogens is 270 g/mol. The van der Waals surface area contributed by atoms with Crippen LogP contribution in [0.2, 0.25) is 0 Å². The molecule has 0 aromatic carbocycles. The highest BCUT2D eigenvalue weighted by molar-refractivity contribution is 5.66. The maximum absolute atomic E-state index is 10.7. The lowest BCUT2D eigenvalue weighted by Gasteiger charge is -2.07. The van der Waals surface area contributed by atoms with Crippen LogP contribution in [0.25, 0.3) is 0 Å². The minimum Gasteiger partial charge on any atom is -0.453 e. The number of amides is 1. The van der Waals surface area contributed by atoms with Crippen molar-refractivity contribution in [2.75, 3.05) is 73.1 Å². The summed E-state index contributed by atoms with van der Waals surface area (Å²) in [5, 5.41) is 11.0. The summed E-state index contributed by atoms with van der Waals surface area (Å²) < 4.78 is 25.1. The maximum atomic E-state index is 10.7. The summed E-state index contributed by atoms with van der Waals surface area (Å²) in [5.74, 6) is 0. The van der Waals surface area contributed by atoms with Crippen molar-refractivity contribution < 1.29 is 33.6 Å². The Morgan fingerprint density at radius 3 is 1.75 bits per heavy atom. The number of nitrogens with one attached hydrogen (secondary N) is 1. The van der Waals surface area contributed by atoms with Crippen LogP contribution in [0.15, 0.2) is 0 Å². The number of carbonyl (C=O) groups excluding carboxylic acids is 1. The zero-order chi connectivity index (χ0) is 14.9. The molecular formula is C12H25NO7. The summed E-state index contributed by atoms with van der Waals surface area (Å²) >= 11 is 0. The second-order valence-electron chi connectivity index (χ2n) is 3.59. The number of aliphatic hydroxyl groups excluding tert-OH is 1.